The van der Waals surface area contributed by atoms with Gasteiger partial charge in [-0.2, -0.15) is 0 Å². The molecule has 5 nitrogen and oxygen atoms in total. The number of benzene rings is 1. The van der Waals surface area contributed by atoms with Gasteiger partial charge in [-0.3, -0.25) is 4.79 Å². The van der Waals surface area contributed by atoms with Crippen LogP contribution >= 0.6 is 0 Å². The Kier molecular flexibility index (Phi) is 8.06. The van der Waals surface area contributed by atoms with Crippen LogP contribution < -0.4 is 14.8 Å². The van der Waals surface area contributed by atoms with Gasteiger partial charge in [0, 0.05) is 25.6 Å². The average Bonchev–Trinajstić information content (AvgIpc) is 2.67. The van der Waals surface area contributed by atoms with Gasteiger partial charge >= 0.3 is 0 Å². The number of piperidine rings is 1. The number of methoxy groups -OCH3 is 2. The third-order valence-corrected chi connectivity index (χ3v) is 4.97. The molecule has 1 amide bonds. The van der Waals surface area contributed by atoms with Crippen molar-refractivity contribution in [1.29, 1.82) is 0 Å². The largest absolute Gasteiger partial charge is 0.493 e. The maximum Gasteiger partial charge on any atom is 0.224 e. The Morgan fingerprint density at radius 3 is 2.72 bits per heavy atom. The van der Waals surface area contributed by atoms with Crippen molar-refractivity contribution in [3.63, 3.8) is 0 Å². The lowest BCUT2D eigenvalue weighted by Gasteiger charge is -2.35. The standard InChI is InChI=1S/C20H32N2O3/c1-4-17-7-5-6-14-22(17)20(23)11-13-21-12-10-16-8-9-18(24-2)19(15-16)25-3/h8-9,15,17,21H,4-7,10-14H2,1-3H3. The first-order chi connectivity index (χ1) is 12.2. The van der Waals surface area contributed by atoms with Crippen LogP contribution in [0.2, 0.25) is 0 Å². The normalized spacial score (nSPS) is 17.4. The SMILES string of the molecule is CCC1CCCCN1C(=O)CCNCCc1ccc(OC)c(OC)c1. The maximum atomic E-state index is 12.4. The summed E-state index contributed by atoms with van der Waals surface area (Å²) in [6, 6.07) is 6.44. The van der Waals surface area contributed by atoms with Gasteiger partial charge in [0.2, 0.25) is 5.91 Å². The first kappa shape index (κ1) is 19.6. The van der Waals surface area contributed by atoms with Gasteiger partial charge in [-0.05, 0) is 56.3 Å². The van der Waals surface area contributed by atoms with Crippen molar-refractivity contribution in [2.75, 3.05) is 33.9 Å². The molecule has 1 N–H and O–H groups in total. The summed E-state index contributed by atoms with van der Waals surface area (Å²) >= 11 is 0. The molecule has 1 atom stereocenters. The molecule has 0 radical (unpaired) electrons. The van der Waals surface area contributed by atoms with Gasteiger partial charge in [-0.1, -0.05) is 13.0 Å². The summed E-state index contributed by atoms with van der Waals surface area (Å²) in [5, 5.41) is 3.38. The molecule has 0 aliphatic carbocycles. The Morgan fingerprint density at radius 2 is 2.00 bits per heavy atom. The molecule has 1 unspecified atom stereocenters. The van der Waals surface area contributed by atoms with E-state index in [2.05, 4.69) is 17.1 Å². The fourth-order valence-electron chi connectivity index (χ4n) is 3.49. The number of nitrogens with one attached hydrogen (secondary N) is 1. The molecule has 0 bridgehead atoms. The fourth-order valence-corrected chi connectivity index (χ4v) is 3.49. The molecule has 0 saturated carbocycles. The van der Waals surface area contributed by atoms with Crippen molar-refractivity contribution in [3.8, 4) is 11.5 Å². The molecule has 1 aliphatic heterocycles. The van der Waals surface area contributed by atoms with Gasteiger partial charge in [-0.15, -0.1) is 0 Å². The summed E-state index contributed by atoms with van der Waals surface area (Å²) in [5.74, 6) is 1.80. The Bertz CT molecular complexity index is 548. The minimum Gasteiger partial charge on any atom is -0.493 e. The molecule has 1 saturated heterocycles. The van der Waals surface area contributed by atoms with E-state index in [4.69, 9.17) is 9.47 Å². The van der Waals surface area contributed by atoms with Crippen LogP contribution in [-0.2, 0) is 11.2 Å². The smallest absolute Gasteiger partial charge is 0.224 e. The predicted octanol–water partition coefficient (Wildman–Crippen LogP) is 3.02. The van der Waals surface area contributed by atoms with Crippen LogP contribution in [0.4, 0.5) is 0 Å². The highest BCUT2D eigenvalue weighted by Crippen LogP contribution is 2.27. The van der Waals surface area contributed by atoms with Crippen LogP contribution in [0.3, 0.4) is 0 Å². The van der Waals surface area contributed by atoms with Crippen molar-refractivity contribution >= 4 is 5.91 Å². The maximum absolute atomic E-state index is 12.4. The van der Waals surface area contributed by atoms with Crippen molar-refractivity contribution in [3.05, 3.63) is 23.8 Å². The molecule has 0 aromatic heterocycles. The highest BCUT2D eigenvalue weighted by atomic mass is 16.5. The number of carbonyl (C=O) groups is 1. The number of nitrogens with zero attached hydrogens (tertiary/aromatic N) is 1. The molecule has 0 spiro atoms. The van der Waals surface area contributed by atoms with E-state index in [0.29, 0.717) is 18.4 Å². The van der Waals surface area contributed by atoms with Gasteiger partial charge in [0.1, 0.15) is 0 Å². The Balaban J connectivity index is 1.70. The molecule has 25 heavy (non-hydrogen) atoms. The van der Waals surface area contributed by atoms with Gasteiger partial charge in [0.05, 0.1) is 14.2 Å². The molecule has 1 aromatic rings. The van der Waals surface area contributed by atoms with E-state index in [0.717, 1.165) is 56.8 Å². The summed E-state index contributed by atoms with van der Waals surface area (Å²) in [4.78, 5) is 14.5. The van der Waals surface area contributed by atoms with E-state index in [1.54, 1.807) is 14.2 Å². The van der Waals surface area contributed by atoms with Crippen LogP contribution in [0, 0.1) is 0 Å². The number of likely N-dealkylation sites (tertiary alicyclic amines) is 1. The van der Waals surface area contributed by atoms with Crippen LogP contribution in [0.1, 0.15) is 44.6 Å². The number of carbonyl (C=O) groups excluding carboxylic acids is 1. The zero-order valence-corrected chi connectivity index (χ0v) is 15.8. The Labute approximate surface area is 151 Å². The number of hydrogen-bond donors (Lipinski definition) is 1. The average molecular weight is 348 g/mol. The lowest BCUT2D eigenvalue weighted by atomic mass is 9.99. The minimum atomic E-state index is 0.296. The summed E-state index contributed by atoms with van der Waals surface area (Å²) in [6.07, 6.45) is 6.12. The van der Waals surface area contributed by atoms with Crippen molar-refractivity contribution in [2.24, 2.45) is 0 Å². The highest BCUT2D eigenvalue weighted by molar-refractivity contribution is 5.76. The van der Waals surface area contributed by atoms with E-state index in [-0.39, 0.29) is 0 Å². The first-order valence-electron chi connectivity index (χ1n) is 9.40. The molecular weight excluding hydrogens is 316 g/mol. The molecule has 140 valence electrons. The lowest BCUT2D eigenvalue weighted by molar-refractivity contribution is -0.134. The van der Waals surface area contributed by atoms with Gasteiger partial charge < -0.3 is 19.7 Å². The molecular formula is C20H32N2O3. The van der Waals surface area contributed by atoms with Crippen molar-refractivity contribution < 1.29 is 14.3 Å². The molecule has 1 aliphatic rings. The number of ether oxygens (including phenoxy) is 2. The van der Waals surface area contributed by atoms with Gasteiger partial charge in [0.25, 0.3) is 0 Å². The van der Waals surface area contributed by atoms with Gasteiger partial charge in [0.15, 0.2) is 11.5 Å². The quantitative estimate of drug-likeness (QED) is 0.697. The molecule has 1 heterocycles. The monoisotopic (exact) mass is 348 g/mol. The molecule has 2 rings (SSSR count). The molecule has 1 aromatic carbocycles. The van der Waals surface area contributed by atoms with E-state index in [1.807, 2.05) is 18.2 Å². The number of hydrogen-bond acceptors (Lipinski definition) is 4. The Morgan fingerprint density at radius 1 is 1.20 bits per heavy atom. The lowest BCUT2D eigenvalue weighted by Crippen LogP contribution is -2.44. The zero-order chi connectivity index (χ0) is 18.1. The summed E-state index contributed by atoms with van der Waals surface area (Å²) < 4.78 is 10.6. The predicted molar refractivity (Wildman–Crippen MR) is 100 cm³/mol. The van der Waals surface area contributed by atoms with Crippen LogP contribution in [-0.4, -0.2) is 50.7 Å². The third-order valence-electron chi connectivity index (χ3n) is 4.97. The zero-order valence-electron chi connectivity index (χ0n) is 15.8. The second-order valence-corrected chi connectivity index (χ2v) is 6.58. The summed E-state index contributed by atoms with van der Waals surface area (Å²) in [7, 11) is 3.29. The van der Waals surface area contributed by atoms with E-state index in [1.165, 1.54) is 12.0 Å². The minimum absolute atomic E-state index is 0.296. The molecule has 1 fully saturated rings. The first-order valence-corrected chi connectivity index (χ1v) is 9.40. The van der Waals surface area contributed by atoms with Crippen LogP contribution in [0.15, 0.2) is 18.2 Å². The number of amides is 1. The Hall–Kier alpha value is -1.75. The van der Waals surface area contributed by atoms with Crippen molar-refractivity contribution in [1.82, 2.24) is 10.2 Å². The second kappa shape index (κ2) is 10.3. The molecule has 5 heteroatoms. The van der Waals surface area contributed by atoms with Crippen LogP contribution in [0.25, 0.3) is 0 Å². The van der Waals surface area contributed by atoms with Gasteiger partial charge in [-0.25, -0.2) is 0 Å². The van der Waals surface area contributed by atoms with Crippen molar-refractivity contribution in [2.45, 2.75) is 51.5 Å². The summed E-state index contributed by atoms with van der Waals surface area (Å²) in [5.41, 5.74) is 1.19. The van der Waals surface area contributed by atoms with E-state index < -0.39 is 0 Å². The van der Waals surface area contributed by atoms with E-state index >= 15 is 0 Å². The third kappa shape index (κ3) is 5.63. The van der Waals surface area contributed by atoms with E-state index in [9.17, 15) is 4.79 Å². The summed E-state index contributed by atoms with van der Waals surface area (Å²) in [6.45, 7) is 4.69. The topological polar surface area (TPSA) is 50.8 Å². The fraction of sp³-hybridized carbons (Fsp3) is 0.650. The number of rotatable bonds is 9. The second-order valence-electron chi connectivity index (χ2n) is 6.58. The highest BCUT2D eigenvalue weighted by Gasteiger charge is 2.24. The van der Waals surface area contributed by atoms with Crippen LogP contribution in [0.5, 0.6) is 11.5 Å².